The van der Waals surface area contributed by atoms with Gasteiger partial charge < -0.3 is 11.1 Å². The number of nitrogens with one attached hydrogen (secondary N) is 1. The van der Waals surface area contributed by atoms with Crippen molar-refractivity contribution in [3.8, 4) is 0 Å². The van der Waals surface area contributed by atoms with Crippen LogP contribution in [0.1, 0.15) is 35.3 Å². The summed E-state index contributed by atoms with van der Waals surface area (Å²) in [5.41, 5.74) is 7.36. The van der Waals surface area contributed by atoms with Crippen LogP contribution in [0.2, 0.25) is 0 Å². The zero-order valence-corrected chi connectivity index (χ0v) is 18.0. The van der Waals surface area contributed by atoms with Gasteiger partial charge in [0.1, 0.15) is 0 Å². The Balaban J connectivity index is 1.69. The molecule has 0 aliphatic carbocycles. The molecule has 0 saturated heterocycles. The highest BCUT2D eigenvalue weighted by atomic mass is 32.2. The van der Waals surface area contributed by atoms with Gasteiger partial charge in [-0.25, -0.2) is 0 Å². The number of nitrogens with two attached hydrogens (primary N) is 1. The highest BCUT2D eigenvalue weighted by Crippen LogP contribution is 2.34. The van der Waals surface area contributed by atoms with Gasteiger partial charge in [-0.2, -0.15) is 13.2 Å². The van der Waals surface area contributed by atoms with E-state index in [0.717, 1.165) is 28.3 Å². The van der Waals surface area contributed by atoms with Crippen molar-refractivity contribution in [3.05, 3.63) is 83.4 Å². The van der Waals surface area contributed by atoms with Gasteiger partial charge in [-0.15, -0.1) is 0 Å². The summed E-state index contributed by atoms with van der Waals surface area (Å²) >= 11 is 1.51. The van der Waals surface area contributed by atoms with Crippen molar-refractivity contribution in [2.24, 2.45) is 5.92 Å². The fourth-order valence-corrected chi connectivity index (χ4v) is 3.89. The van der Waals surface area contributed by atoms with E-state index < -0.39 is 17.6 Å². The van der Waals surface area contributed by atoms with Crippen molar-refractivity contribution in [3.63, 3.8) is 0 Å². The summed E-state index contributed by atoms with van der Waals surface area (Å²) in [6, 6.07) is 17.6. The van der Waals surface area contributed by atoms with E-state index in [4.69, 9.17) is 5.73 Å². The van der Waals surface area contributed by atoms with E-state index in [1.807, 2.05) is 12.1 Å². The van der Waals surface area contributed by atoms with Crippen LogP contribution < -0.4 is 11.1 Å². The molecule has 1 amide bonds. The number of hydrogen-bond acceptors (Lipinski definition) is 3. The van der Waals surface area contributed by atoms with Crippen molar-refractivity contribution in [2.75, 3.05) is 11.1 Å². The van der Waals surface area contributed by atoms with Crippen molar-refractivity contribution >= 4 is 29.0 Å². The Labute approximate surface area is 183 Å². The molecule has 3 N–H and O–H groups in total. The summed E-state index contributed by atoms with van der Waals surface area (Å²) < 4.78 is 38.6. The van der Waals surface area contributed by atoms with Gasteiger partial charge in [0.15, 0.2) is 0 Å². The first-order valence-corrected chi connectivity index (χ1v) is 10.6. The summed E-state index contributed by atoms with van der Waals surface area (Å²) in [5, 5.41) is 2.60. The van der Waals surface area contributed by atoms with Gasteiger partial charge in [0.25, 0.3) is 5.91 Å². The Kier molecular flexibility index (Phi) is 6.95. The molecular formula is C24H23F3N2OS. The molecule has 3 aromatic carbocycles. The molecule has 0 aromatic heterocycles. The molecule has 7 heteroatoms. The van der Waals surface area contributed by atoms with E-state index in [-0.39, 0.29) is 5.56 Å². The van der Waals surface area contributed by atoms with Crippen LogP contribution in [0, 0.1) is 5.92 Å². The second-order valence-corrected chi connectivity index (χ2v) is 8.74. The number of alkyl halides is 3. The molecule has 0 aliphatic rings. The monoisotopic (exact) mass is 444 g/mol. The Morgan fingerprint density at radius 2 is 1.74 bits per heavy atom. The van der Waals surface area contributed by atoms with Crippen molar-refractivity contribution in [2.45, 2.75) is 36.2 Å². The molecule has 0 spiro atoms. The lowest BCUT2D eigenvalue weighted by atomic mass is 10.0. The minimum atomic E-state index is -4.51. The molecule has 3 rings (SSSR count). The van der Waals surface area contributed by atoms with Gasteiger partial charge in [0.2, 0.25) is 0 Å². The highest BCUT2D eigenvalue weighted by molar-refractivity contribution is 7.99. The van der Waals surface area contributed by atoms with Gasteiger partial charge in [-0.05, 0) is 66.4 Å². The number of rotatable bonds is 6. The Morgan fingerprint density at radius 1 is 1.03 bits per heavy atom. The summed E-state index contributed by atoms with van der Waals surface area (Å²) in [6.07, 6.45) is -3.49. The van der Waals surface area contributed by atoms with Gasteiger partial charge >= 0.3 is 6.18 Å². The molecule has 0 heterocycles. The lowest BCUT2D eigenvalue weighted by molar-refractivity contribution is -0.137. The third-order valence-electron chi connectivity index (χ3n) is 4.51. The van der Waals surface area contributed by atoms with Crippen LogP contribution in [0.25, 0.3) is 0 Å². The Morgan fingerprint density at radius 3 is 2.35 bits per heavy atom. The van der Waals surface area contributed by atoms with Crippen LogP contribution in [0.5, 0.6) is 0 Å². The zero-order chi connectivity index (χ0) is 22.6. The maximum atomic E-state index is 12.9. The molecular weight excluding hydrogens is 421 g/mol. The predicted octanol–water partition coefficient (Wildman–Crippen LogP) is 6.89. The average molecular weight is 445 g/mol. The van der Waals surface area contributed by atoms with Gasteiger partial charge in [0.05, 0.1) is 5.56 Å². The molecule has 0 bridgehead atoms. The van der Waals surface area contributed by atoms with E-state index >= 15 is 0 Å². The molecule has 31 heavy (non-hydrogen) atoms. The lowest BCUT2D eigenvalue weighted by Gasteiger charge is -2.11. The Bertz CT molecular complexity index is 1060. The second-order valence-electron chi connectivity index (χ2n) is 7.63. The fourth-order valence-electron chi connectivity index (χ4n) is 3.05. The number of carbonyl (C=O) groups is 1. The van der Waals surface area contributed by atoms with E-state index in [0.29, 0.717) is 17.3 Å². The highest BCUT2D eigenvalue weighted by Gasteiger charge is 2.30. The number of hydrogen-bond donors (Lipinski definition) is 2. The van der Waals surface area contributed by atoms with Crippen LogP contribution in [-0.2, 0) is 12.6 Å². The molecule has 0 radical (unpaired) electrons. The largest absolute Gasteiger partial charge is 0.416 e. The summed E-state index contributed by atoms with van der Waals surface area (Å²) in [5.74, 6) is -0.0421. The SMILES string of the molecule is CC(C)Cc1ccc(Sc2ccc(NC(=O)c3cccc(C(F)(F)F)c3)cc2N)cc1. The topological polar surface area (TPSA) is 55.1 Å². The number of amides is 1. The molecule has 0 unspecified atom stereocenters. The molecule has 0 saturated carbocycles. The van der Waals surface area contributed by atoms with Gasteiger partial charge in [0, 0.05) is 26.7 Å². The average Bonchev–Trinajstić information content (AvgIpc) is 2.70. The number of carbonyl (C=O) groups excluding carboxylic acids is 1. The first-order chi connectivity index (χ1) is 14.6. The third kappa shape index (κ3) is 6.28. The zero-order valence-electron chi connectivity index (χ0n) is 17.2. The maximum absolute atomic E-state index is 12.9. The first kappa shape index (κ1) is 22.7. The number of anilines is 2. The summed E-state index contributed by atoms with van der Waals surface area (Å²) in [7, 11) is 0. The third-order valence-corrected chi connectivity index (χ3v) is 5.61. The maximum Gasteiger partial charge on any atom is 0.416 e. The normalized spacial score (nSPS) is 11.5. The van der Waals surface area contributed by atoms with Gasteiger partial charge in [-0.1, -0.05) is 43.8 Å². The minimum Gasteiger partial charge on any atom is -0.398 e. The van der Waals surface area contributed by atoms with E-state index in [9.17, 15) is 18.0 Å². The Hall–Kier alpha value is -2.93. The van der Waals surface area contributed by atoms with Crippen molar-refractivity contribution < 1.29 is 18.0 Å². The fraction of sp³-hybridized carbons (Fsp3) is 0.208. The molecule has 162 valence electrons. The minimum absolute atomic E-state index is 0.0756. The summed E-state index contributed by atoms with van der Waals surface area (Å²) in [6.45, 7) is 4.35. The lowest BCUT2D eigenvalue weighted by Crippen LogP contribution is -2.14. The van der Waals surface area contributed by atoms with Crippen molar-refractivity contribution in [1.29, 1.82) is 0 Å². The molecule has 3 aromatic rings. The quantitative estimate of drug-likeness (QED) is 0.407. The molecule has 0 atom stereocenters. The van der Waals surface area contributed by atoms with E-state index in [1.54, 1.807) is 18.2 Å². The van der Waals surface area contributed by atoms with Crippen molar-refractivity contribution in [1.82, 2.24) is 0 Å². The van der Waals surface area contributed by atoms with Crippen LogP contribution >= 0.6 is 11.8 Å². The van der Waals surface area contributed by atoms with Gasteiger partial charge in [-0.3, -0.25) is 4.79 Å². The smallest absolute Gasteiger partial charge is 0.398 e. The molecule has 3 nitrogen and oxygen atoms in total. The van der Waals surface area contributed by atoms with E-state index in [2.05, 4.69) is 31.3 Å². The van der Waals surface area contributed by atoms with Crippen LogP contribution in [0.15, 0.2) is 76.5 Å². The summed E-state index contributed by atoms with van der Waals surface area (Å²) in [4.78, 5) is 14.2. The van der Waals surface area contributed by atoms with E-state index in [1.165, 1.54) is 29.5 Å². The standard InChI is InChI=1S/C24H23F3N2OS/c1-15(2)12-16-6-9-20(10-7-16)31-22-11-8-19(14-21(22)28)29-23(30)17-4-3-5-18(13-17)24(25,26)27/h3-11,13-15H,12,28H2,1-2H3,(H,29,30). The van der Waals surface area contributed by atoms with Crippen LogP contribution in [-0.4, -0.2) is 5.91 Å². The number of halogens is 3. The predicted molar refractivity (Wildman–Crippen MR) is 119 cm³/mol. The van der Waals surface area contributed by atoms with Crippen LogP contribution in [0.4, 0.5) is 24.5 Å². The number of nitrogen functional groups attached to an aromatic ring is 1. The molecule has 0 fully saturated rings. The second kappa shape index (κ2) is 9.47. The number of benzene rings is 3. The molecule has 0 aliphatic heterocycles. The van der Waals surface area contributed by atoms with Crippen LogP contribution in [0.3, 0.4) is 0 Å². The first-order valence-electron chi connectivity index (χ1n) is 9.77.